The van der Waals surface area contributed by atoms with Gasteiger partial charge in [-0.1, -0.05) is 63.6 Å². The Morgan fingerprint density at radius 2 is 0.843 bits per heavy atom. The molecule has 1 unspecified atom stereocenters. The second kappa shape index (κ2) is 81.6. The number of carboxylic acid groups (broad SMARTS) is 1. The molecule has 0 saturated carbocycles. The molecule has 0 fully saturated rings. The Hall–Kier alpha value is -2.33. The second-order valence-electron chi connectivity index (χ2n) is 9.03. The van der Waals surface area contributed by atoms with Crippen molar-refractivity contribution in [1.82, 2.24) is 0 Å². The van der Waals surface area contributed by atoms with Gasteiger partial charge in [0.05, 0.1) is 12.3 Å². The predicted octanol–water partition coefficient (Wildman–Crippen LogP) is 5.52. The lowest BCUT2D eigenvalue weighted by Gasteiger charge is -2.30. The quantitative estimate of drug-likeness (QED) is 0.0518. The van der Waals surface area contributed by atoms with Crippen molar-refractivity contribution >= 4 is 5.97 Å². The number of hydrogen-bond acceptors (Lipinski definition) is 12. The van der Waals surface area contributed by atoms with Crippen molar-refractivity contribution in [1.29, 1.82) is 0 Å². The zero-order valence-electron chi connectivity index (χ0n) is 34.3. The number of para-hydroxylation sites is 1. The highest BCUT2D eigenvalue weighted by atomic mass is 16.7. The average Bonchev–Trinajstić information content (AvgIpc) is 3.04. The number of aliphatic hydroxyl groups excluding tert-OH is 9. The molecule has 0 aliphatic carbocycles. The molecular weight excluding hydrogens is 664 g/mol. The van der Waals surface area contributed by atoms with Crippen molar-refractivity contribution in [2.45, 2.75) is 133 Å². The number of hydrogen-bond donors (Lipinski definition) is 10. The number of unbranched alkanes of at least 4 members (excludes halogenated alkanes) is 6. The minimum absolute atomic E-state index is 0.250. The van der Waals surface area contributed by atoms with E-state index in [1.165, 1.54) is 38.4 Å². The number of aliphatic hydroxyl groups is 9. The standard InChI is InChI=1S/C20H30O4.9C2H6O/c1-3-4-5-6-7-8-12-16-20(2,23-17-15-19(21)22)24-18-13-10-9-11-14-18;9*1-2-3/h9-11,13-15,17H,3-8,12,16H2,1-2H3,(H,21,22);9*3H,2H2,1H3. The largest absolute Gasteiger partial charge is 0.478 e. The number of carbonyl (C=O) groups is 1. The van der Waals surface area contributed by atoms with Gasteiger partial charge in [0.1, 0.15) is 5.75 Å². The van der Waals surface area contributed by atoms with E-state index in [0.29, 0.717) is 12.2 Å². The Morgan fingerprint density at radius 1 is 0.549 bits per heavy atom. The molecule has 0 aliphatic rings. The van der Waals surface area contributed by atoms with Gasteiger partial charge in [-0.15, -0.1) is 0 Å². The predicted molar refractivity (Wildman–Crippen MR) is 211 cm³/mol. The van der Waals surface area contributed by atoms with Crippen molar-refractivity contribution in [2.75, 3.05) is 59.5 Å². The van der Waals surface area contributed by atoms with Gasteiger partial charge < -0.3 is 60.5 Å². The van der Waals surface area contributed by atoms with E-state index in [2.05, 4.69) is 6.92 Å². The third-order valence-electron chi connectivity index (χ3n) is 3.84. The third-order valence-corrected chi connectivity index (χ3v) is 3.84. The van der Waals surface area contributed by atoms with Crippen LogP contribution in [0.1, 0.15) is 128 Å². The molecule has 0 saturated heterocycles. The van der Waals surface area contributed by atoms with E-state index in [1.807, 2.05) is 37.3 Å². The van der Waals surface area contributed by atoms with Crippen LogP contribution in [0.15, 0.2) is 42.7 Å². The highest BCUT2D eigenvalue weighted by molar-refractivity contribution is 5.79. The van der Waals surface area contributed by atoms with E-state index in [1.54, 1.807) is 62.3 Å². The minimum Gasteiger partial charge on any atom is -0.478 e. The van der Waals surface area contributed by atoms with Crippen molar-refractivity contribution < 1.29 is 65.3 Å². The number of benzene rings is 1. The fourth-order valence-electron chi connectivity index (χ4n) is 2.51. The summed E-state index contributed by atoms with van der Waals surface area (Å²) in [5, 5.41) is 76.8. The normalized spacial score (nSPS) is 9.57. The van der Waals surface area contributed by atoms with Crippen molar-refractivity contribution in [3.63, 3.8) is 0 Å². The molecule has 1 aromatic carbocycles. The van der Waals surface area contributed by atoms with Gasteiger partial charge in [-0.25, -0.2) is 4.79 Å². The van der Waals surface area contributed by atoms with Gasteiger partial charge in [0.2, 0.25) is 5.79 Å². The van der Waals surface area contributed by atoms with E-state index < -0.39 is 11.8 Å². The summed E-state index contributed by atoms with van der Waals surface area (Å²) in [6, 6.07) is 9.46. The van der Waals surface area contributed by atoms with Crippen molar-refractivity contribution in [3.8, 4) is 5.75 Å². The Balaban J connectivity index is -0.0000000758. The van der Waals surface area contributed by atoms with Gasteiger partial charge in [0, 0.05) is 72.8 Å². The van der Waals surface area contributed by atoms with Gasteiger partial charge in [0.25, 0.3) is 0 Å². The molecule has 1 atom stereocenters. The van der Waals surface area contributed by atoms with E-state index in [9.17, 15) is 4.79 Å². The summed E-state index contributed by atoms with van der Waals surface area (Å²) >= 11 is 0. The lowest BCUT2D eigenvalue weighted by atomic mass is 10.1. The SMILES string of the molecule is CCCCCCCCCC(C)(OC=CC(=O)O)Oc1ccccc1.CCO.CCO.CCO.CCO.CCO.CCO.CCO.CCO.CCO. The van der Waals surface area contributed by atoms with E-state index in [-0.39, 0.29) is 59.5 Å². The second-order valence-corrected chi connectivity index (χ2v) is 9.03. The molecule has 51 heavy (non-hydrogen) atoms. The maximum absolute atomic E-state index is 10.6. The molecule has 0 bridgehead atoms. The van der Waals surface area contributed by atoms with Gasteiger partial charge in [-0.3, -0.25) is 0 Å². The minimum atomic E-state index is -1.03. The van der Waals surface area contributed by atoms with Crippen molar-refractivity contribution in [2.24, 2.45) is 0 Å². The lowest BCUT2D eigenvalue weighted by Crippen LogP contribution is -2.34. The zero-order valence-corrected chi connectivity index (χ0v) is 34.3. The molecule has 1 aromatic rings. The Bertz CT molecular complexity index is 609. The first kappa shape index (κ1) is 70.3. The topological polar surface area (TPSA) is 238 Å². The average molecular weight is 749 g/mol. The van der Waals surface area contributed by atoms with Crippen LogP contribution in [-0.2, 0) is 9.53 Å². The van der Waals surface area contributed by atoms with Gasteiger partial charge >= 0.3 is 5.97 Å². The van der Waals surface area contributed by atoms with Crippen LogP contribution in [0.3, 0.4) is 0 Å². The fourth-order valence-corrected chi connectivity index (χ4v) is 2.51. The molecule has 0 spiro atoms. The molecule has 10 N–H and O–H groups in total. The zero-order chi connectivity index (χ0) is 42.0. The molecule has 0 heterocycles. The number of ether oxygens (including phenoxy) is 2. The fraction of sp³-hybridized carbons (Fsp3) is 0.763. The Labute approximate surface area is 312 Å². The summed E-state index contributed by atoms with van der Waals surface area (Å²) in [5.74, 6) is -1.18. The number of rotatable bonds is 13. The first-order chi connectivity index (χ1) is 24.3. The molecular formula is C38H84O13. The summed E-state index contributed by atoms with van der Waals surface area (Å²) < 4.78 is 11.6. The molecule has 0 aliphatic heterocycles. The maximum atomic E-state index is 10.6. The van der Waals surface area contributed by atoms with Crippen LogP contribution in [-0.4, -0.2) is 122 Å². The highest BCUT2D eigenvalue weighted by Crippen LogP contribution is 2.25. The van der Waals surface area contributed by atoms with E-state index in [0.717, 1.165) is 18.9 Å². The van der Waals surface area contributed by atoms with Gasteiger partial charge in [0.15, 0.2) is 0 Å². The monoisotopic (exact) mass is 749 g/mol. The van der Waals surface area contributed by atoms with Crippen molar-refractivity contribution in [3.05, 3.63) is 42.7 Å². The van der Waals surface area contributed by atoms with Crippen LogP contribution in [0.2, 0.25) is 0 Å². The summed E-state index contributed by atoms with van der Waals surface area (Å²) in [4.78, 5) is 10.6. The summed E-state index contributed by atoms with van der Waals surface area (Å²) in [7, 11) is 0. The molecule has 13 nitrogen and oxygen atoms in total. The summed E-state index contributed by atoms with van der Waals surface area (Å²) in [6.07, 6.45) is 11.3. The first-order valence-corrected chi connectivity index (χ1v) is 18.1. The van der Waals surface area contributed by atoms with Crippen LogP contribution in [0, 0.1) is 0 Å². The molecule has 0 radical (unpaired) electrons. The van der Waals surface area contributed by atoms with E-state index in [4.69, 9.17) is 60.5 Å². The van der Waals surface area contributed by atoms with Crippen LogP contribution in [0.4, 0.5) is 0 Å². The third kappa shape index (κ3) is 130. The molecule has 0 amide bonds. The number of aliphatic carboxylic acids is 1. The Morgan fingerprint density at radius 3 is 1.14 bits per heavy atom. The van der Waals surface area contributed by atoms with Gasteiger partial charge in [-0.05, 0) is 80.9 Å². The van der Waals surface area contributed by atoms with Crippen LogP contribution in [0.25, 0.3) is 0 Å². The lowest BCUT2D eigenvalue weighted by molar-refractivity contribution is -0.138. The van der Waals surface area contributed by atoms with Gasteiger partial charge in [-0.2, -0.15) is 0 Å². The smallest absolute Gasteiger partial charge is 0.331 e. The summed E-state index contributed by atoms with van der Waals surface area (Å²) in [5.41, 5.74) is 0. The van der Waals surface area contributed by atoms with Crippen LogP contribution < -0.4 is 4.74 Å². The number of carboxylic acids is 1. The summed E-state index contributed by atoms with van der Waals surface area (Å²) in [6.45, 7) is 21.4. The first-order valence-electron chi connectivity index (χ1n) is 18.1. The molecule has 0 aromatic heterocycles. The molecule has 13 heteroatoms. The highest BCUT2D eigenvalue weighted by Gasteiger charge is 2.26. The van der Waals surface area contributed by atoms with E-state index >= 15 is 0 Å². The molecule has 314 valence electrons. The Kier molecular flexibility index (Phi) is 112. The maximum Gasteiger partial charge on any atom is 0.331 e. The van der Waals surface area contributed by atoms with Crippen LogP contribution in [0.5, 0.6) is 5.75 Å². The molecule has 1 rings (SSSR count). The van der Waals surface area contributed by atoms with Crippen LogP contribution >= 0.6 is 0 Å².